The van der Waals surface area contributed by atoms with Crippen molar-refractivity contribution in [2.45, 2.75) is 26.0 Å². The zero-order valence-corrected chi connectivity index (χ0v) is 14.8. The van der Waals surface area contributed by atoms with Crippen LogP contribution in [-0.4, -0.2) is 30.7 Å². The van der Waals surface area contributed by atoms with Crippen LogP contribution in [0.5, 0.6) is 0 Å². The predicted octanol–water partition coefficient (Wildman–Crippen LogP) is 2.86. The van der Waals surface area contributed by atoms with Crippen LogP contribution in [0.15, 0.2) is 53.8 Å². The minimum atomic E-state index is 0.127. The Morgan fingerprint density at radius 2 is 2.00 bits per heavy atom. The Labute approximate surface area is 144 Å². The predicted molar refractivity (Wildman–Crippen MR) is 99.0 cm³/mol. The second kappa shape index (κ2) is 9.78. The van der Waals surface area contributed by atoms with Crippen molar-refractivity contribution < 1.29 is 4.74 Å². The molecule has 0 saturated carbocycles. The molecule has 130 valence electrons. The van der Waals surface area contributed by atoms with E-state index in [4.69, 9.17) is 4.74 Å². The lowest BCUT2D eigenvalue weighted by Crippen LogP contribution is -2.37. The van der Waals surface area contributed by atoms with E-state index in [1.807, 2.05) is 36.0 Å². The summed E-state index contributed by atoms with van der Waals surface area (Å²) in [4.78, 5) is 4.24. The summed E-state index contributed by atoms with van der Waals surface area (Å²) < 4.78 is 7.91. The standard InChI is InChI=1S/C19H28N4O/c1-16(18-8-5-4-6-9-18)24-13-7-11-21-19(20-2)22-14-17-10-12-23(3)15-17/h4-6,8-10,12,15-16H,7,11,13-14H2,1-3H3,(H2,20,21,22). The van der Waals surface area contributed by atoms with E-state index in [0.717, 1.165) is 32.1 Å². The minimum Gasteiger partial charge on any atom is -0.374 e. The molecule has 1 aromatic carbocycles. The number of ether oxygens (including phenoxy) is 1. The molecule has 0 aliphatic heterocycles. The maximum absolute atomic E-state index is 5.87. The molecule has 0 saturated heterocycles. The summed E-state index contributed by atoms with van der Waals surface area (Å²) in [6.45, 7) is 4.40. The van der Waals surface area contributed by atoms with Gasteiger partial charge in [-0.15, -0.1) is 0 Å². The molecule has 0 aliphatic carbocycles. The quantitative estimate of drug-likeness (QED) is 0.445. The zero-order valence-electron chi connectivity index (χ0n) is 14.8. The van der Waals surface area contributed by atoms with Gasteiger partial charge in [-0.2, -0.15) is 0 Å². The molecule has 0 radical (unpaired) electrons. The fourth-order valence-electron chi connectivity index (χ4n) is 2.43. The summed E-state index contributed by atoms with van der Waals surface area (Å²) in [5.74, 6) is 0.815. The summed E-state index contributed by atoms with van der Waals surface area (Å²) in [5, 5.41) is 6.62. The van der Waals surface area contributed by atoms with Crippen molar-refractivity contribution in [3.05, 3.63) is 59.9 Å². The number of guanidine groups is 1. The Hall–Kier alpha value is -2.27. The van der Waals surface area contributed by atoms with E-state index in [1.165, 1.54) is 11.1 Å². The molecule has 1 aromatic heterocycles. The monoisotopic (exact) mass is 328 g/mol. The molecule has 2 aromatic rings. The lowest BCUT2D eigenvalue weighted by atomic mass is 10.1. The highest BCUT2D eigenvalue weighted by Crippen LogP contribution is 2.15. The van der Waals surface area contributed by atoms with Gasteiger partial charge in [0.1, 0.15) is 0 Å². The fraction of sp³-hybridized carbons (Fsp3) is 0.421. The van der Waals surface area contributed by atoms with Gasteiger partial charge in [-0.1, -0.05) is 30.3 Å². The first kappa shape index (κ1) is 18.1. The Balaban J connectivity index is 1.60. The van der Waals surface area contributed by atoms with Crippen LogP contribution in [0.1, 0.15) is 30.6 Å². The number of benzene rings is 1. The number of rotatable bonds is 8. The van der Waals surface area contributed by atoms with Crippen molar-refractivity contribution in [3.63, 3.8) is 0 Å². The van der Waals surface area contributed by atoms with Gasteiger partial charge in [-0.3, -0.25) is 4.99 Å². The molecule has 24 heavy (non-hydrogen) atoms. The molecular formula is C19H28N4O. The van der Waals surface area contributed by atoms with Crippen molar-refractivity contribution in [1.82, 2.24) is 15.2 Å². The number of hydrogen-bond donors (Lipinski definition) is 2. The first-order valence-electron chi connectivity index (χ1n) is 8.41. The third-order valence-corrected chi connectivity index (χ3v) is 3.83. The summed E-state index contributed by atoms with van der Waals surface area (Å²) in [5.41, 5.74) is 2.45. The maximum atomic E-state index is 5.87. The second-order valence-corrected chi connectivity index (χ2v) is 5.82. The van der Waals surface area contributed by atoms with E-state index in [1.54, 1.807) is 7.05 Å². The van der Waals surface area contributed by atoms with E-state index in [9.17, 15) is 0 Å². The first-order chi connectivity index (χ1) is 11.7. The number of hydrogen-bond acceptors (Lipinski definition) is 2. The number of aromatic nitrogens is 1. The molecule has 2 rings (SSSR count). The van der Waals surface area contributed by atoms with Crippen LogP contribution < -0.4 is 10.6 Å². The number of nitrogens with one attached hydrogen (secondary N) is 2. The van der Waals surface area contributed by atoms with Crippen LogP contribution in [0.4, 0.5) is 0 Å². The lowest BCUT2D eigenvalue weighted by Gasteiger charge is -2.14. The average molecular weight is 328 g/mol. The van der Waals surface area contributed by atoms with Gasteiger partial charge < -0.3 is 19.9 Å². The van der Waals surface area contributed by atoms with Crippen LogP contribution in [-0.2, 0) is 18.3 Å². The van der Waals surface area contributed by atoms with E-state index >= 15 is 0 Å². The van der Waals surface area contributed by atoms with Crippen molar-refractivity contribution in [2.75, 3.05) is 20.2 Å². The van der Waals surface area contributed by atoms with Crippen LogP contribution in [0, 0.1) is 0 Å². The van der Waals surface area contributed by atoms with Gasteiger partial charge in [0.15, 0.2) is 5.96 Å². The number of aryl methyl sites for hydroxylation is 1. The van der Waals surface area contributed by atoms with Gasteiger partial charge in [-0.05, 0) is 30.5 Å². The van der Waals surface area contributed by atoms with E-state index in [-0.39, 0.29) is 6.10 Å². The Morgan fingerprint density at radius 3 is 2.67 bits per heavy atom. The van der Waals surface area contributed by atoms with Crippen LogP contribution in [0.2, 0.25) is 0 Å². The van der Waals surface area contributed by atoms with Gasteiger partial charge in [0, 0.05) is 46.2 Å². The first-order valence-corrected chi connectivity index (χ1v) is 8.41. The number of aliphatic imine (C=N–C) groups is 1. The molecule has 2 N–H and O–H groups in total. The molecule has 1 heterocycles. The van der Waals surface area contributed by atoms with E-state index in [2.05, 4.69) is 46.9 Å². The van der Waals surface area contributed by atoms with E-state index < -0.39 is 0 Å². The molecule has 0 bridgehead atoms. The largest absolute Gasteiger partial charge is 0.374 e. The minimum absolute atomic E-state index is 0.127. The van der Waals surface area contributed by atoms with Gasteiger partial charge >= 0.3 is 0 Å². The Morgan fingerprint density at radius 1 is 1.21 bits per heavy atom. The fourth-order valence-corrected chi connectivity index (χ4v) is 2.43. The summed E-state index contributed by atoms with van der Waals surface area (Å²) in [6.07, 6.45) is 5.20. The van der Waals surface area contributed by atoms with Gasteiger partial charge in [-0.25, -0.2) is 0 Å². The normalized spacial score (nSPS) is 12.9. The second-order valence-electron chi connectivity index (χ2n) is 5.82. The highest BCUT2D eigenvalue weighted by atomic mass is 16.5. The van der Waals surface area contributed by atoms with Crippen molar-refractivity contribution in [1.29, 1.82) is 0 Å². The molecule has 5 heteroatoms. The summed E-state index contributed by atoms with van der Waals surface area (Å²) in [6, 6.07) is 12.4. The topological polar surface area (TPSA) is 50.6 Å². The third kappa shape index (κ3) is 6.08. The highest BCUT2D eigenvalue weighted by Gasteiger charge is 2.04. The molecule has 5 nitrogen and oxygen atoms in total. The molecule has 0 spiro atoms. The van der Waals surface area contributed by atoms with Crippen LogP contribution in [0.25, 0.3) is 0 Å². The van der Waals surface area contributed by atoms with Gasteiger partial charge in [0.05, 0.1) is 6.10 Å². The maximum Gasteiger partial charge on any atom is 0.191 e. The smallest absolute Gasteiger partial charge is 0.191 e. The average Bonchev–Trinajstić information content (AvgIpc) is 3.03. The van der Waals surface area contributed by atoms with Gasteiger partial charge in [0.25, 0.3) is 0 Å². The molecular weight excluding hydrogens is 300 g/mol. The van der Waals surface area contributed by atoms with Crippen LogP contribution in [0.3, 0.4) is 0 Å². The third-order valence-electron chi connectivity index (χ3n) is 3.83. The van der Waals surface area contributed by atoms with Crippen LogP contribution >= 0.6 is 0 Å². The molecule has 0 aliphatic rings. The Kier molecular flexibility index (Phi) is 7.36. The molecule has 1 unspecified atom stereocenters. The SMILES string of the molecule is CN=C(NCCCOC(C)c1ccccc1)NCc1ccn(C)c1. The molecule has 0 fully saturated rings. The van der Waals surface area contributed by atoms with Crippen molar-refractivity contribution in [3.8, 4) is 0 Å². The highest BCUT2D eigenvalue weighted by molar-refractivity contribution is 5.79. The molecule has 1 atom stereocenters. The molecule has 0 amide bonds. The van der Waals surface area contributed by atoms with E-state index in [0.29, 0.717) is 0 Å². The van der Waals surface area contributed by atoms with Gasteiger partial charge in [0.2, 0.25) is 0 Å². The van der Waals surface area contributed by atoms with Crippen molar-refractivity contribution >= 4 is 5.96 Å². The lowest BCUT2D eigenvalue weighted by molar-refractivity contribution is 0.0646. The summed E-state index contributed by atoms with van der Waals surface area (Å²) in [7, 11) is 3.81. The van der Waals surface area contributed by atoms with Crippen molar-refractivity contribution in [2.24, 2.45) is 12.0 Å². The summed E-state index contributed by atoms with van der Waals surface area (Å²) >= 11 is 0. The Bertz CT molecular complexity index is 621. The number of nitrogens with zero attached hydrogens (tertiary/aromatic N) is 2. The zero-order chi connectivity index (χ0) is 17.2.